The molecule has 1 saturated heterocycles. The van der Waals surface area contributed by atoms with E-state index in [-0.39, 0.29) is 24.0 Å². The maximum atomic E-state index is 13.4. The van der Waals surface area contributed by atoms with E-state index in [0.717, 1.165) is 31.5 Å². The van der Waals surface area contributed by atoms with Crippen LogP contribution < -0.4 is 5.73 Å². The molecule has 106 valence electrons. The van der Waals surface area contributed by atoms with Gasteiger partial charge in [-0.25, -0.2) is 4.39 Å². The number of rotatable bonds is 5. The summed E-state index contributed by atoms with van der Waals surface area (Å²) in [6.45, 7) is 3.89. The van der Waals surface area contributed by atoms with Crippen LogP contribution in [0.25, 0.3) is 0 Å². The SMILES string of the molecule is CCC(N)C(c1cccc(F)c1)N1CCC(OC)C1. The Morgan fingerprint density at radius 1 is 1.53 bits per heavy atom. The van der Waals surface area contributed by atoms with Gasteiger partial charge in [-0.3, -0.25) is 4.90 Å². The lowest BCUT2D eigenvalue weighted by Crippen LogP contribution is -2.40. The number of halogens is 1. The van der Waals surface area contributed by atoms with E-state index in [9.17, 15) is 4.39 Å². The zero-order valence-corrected chi connectivity index (χ0v) is 11.7. The molecule has 2 rings (SSSR count). The Morgan fingerprint density at radius 3 is 2.89 bits per heavy atom. The van der Waals surface area contributed by atoms with Crippen molar-refractivity contribution in [1.82, 2.24) is 4.90 Å². The van der Waals surface area contributed by atoms with Gasteiger partial charge in [0.25, 0.3) is 0 Å². The van der Waals surface area contributed by atoms with Crippen LogP contribution >= 0.6 is 0 Å². The van der Waals surface area contributed by atoms with Crippen LogP contribution in [0.4, 0.5) is 4.39 Å². The fourth-order valence-corrected chi connectivity index (χ4v) is 2.84. The van der Waals surface area contributed by atoms with E-state index in [1.54, 1.807) is 19.2 Å². The van der Waals surface area contributed by atoms with Gasteiger partial charge < -0.3 is 10.5 Å². The van der Waals surface area contributed by atoms with Gasteiger partial charge in [-0.2, -0.15) is 0 Å². The van der Waals surface area contributed by atoms with Gasteiger partial charge >= 0.3 is 0 Å². The maximum Gasteiger partial charge on any atom is 0.123 e. The largest absolute Gasteiger partial charge is 0.380 e. The van der Waals surface area contributed by atoms with Crippen molar-refractivity contribution in [1.29, 1.82) is 0 Å². The average molecular weight is 266 g/mol. The Morgan fingerprint density at radius 2 is 2.32 bits per heavy atom. The Labute approximate surface area is 114 Å². The molecule has 3 atom stereocenters. The Bertz CT molecular complexity index is 413. The van der Waals surface area contributed by atoms with Gasteiger partial charge in [0, 0.05) is 26.2 Å². The van der Waals surface area contributed by atoms with Crippen molar-refractivity contribution in [3.63, 3.8) is 0 Å². The van der Waals surface area contributed by atoms with Crippen molar-refractivity contribution in [3.05, 3.63) is 35.6 Å². The van der Waals surface area contributed by atoms with Crippen molar-refractivity contribution in [3.8, 4) is 0 Å². The minimum atomic E-state index is -0.201. The number of hydrogen-bond acceptors (Lipinski definition) is 3. The van der Waals surface area contributed by atoms with Gasteiger partial charge in [0.05, 0.1) is 12.1 Å². The lowest BCUT2D eigenvalue weighted by atomic mass is 9.96. The summed E-state index contributed by atoms with van der Waals surface area (Å²) >= 11 is 0. The molecule has 1 heterocycles. The highest BCUT2D eigenvalue weighted by molar-refractivity contribution is 5.22. The zero-order valence-electron chi connectivity index (χ0n) is 11.7. The third-order valence-electron chi connectivity index (χ3n) is 3.97. The van der Waals surface area contributed by atoms with Gasteiger partial charge in [0.15, 0.2) is 0 Å². The van der Waals surface area contributed by atoms with Crippen LogP contribution in [0.3, 0.4) is 0 Å². The summed E-state index contributed by atoms with van der Waals surface area (Å²) < 4.78 is 18.8. The van der Waals surface area contributed by atoms with E-state index < -0.39 is 0 Å². The van der Waals surface area contributed by atoms with Crippen molar-refractivity contribution in [2.24, 2.45) is 5.73 Å². The van der Waals surface area contributed by atoms with E-state index in [1.807, 2.05) is 6.07 Å². The van der Waals surface area contributed by atoms with Crippen LogP contribution in [0.1, 0.15) is 31.4 Å². The smallest absolute Gasteiger partial charge is 0.123 e. The van der Waals surface area contributed by atoms with E-state index in [1.165, 1.54) is 6.07 Å². The van der Waals surface area contributed by atoms with E-state index >= 15 is 0 Å². The Hall–Kier alpha value is -0.970. The van der Waals surface area contributed by atoms with Crippen LogP contribution in [0.5, 0.6) is 0 Å². The predicted octanol–water partition coefficient (Wildman–Crippen LogP) is 2.32. The monoisotopic (exact) mass is 266 g/mol. The van der Waals surface area contributed by atoms with Crippen LogP contribution in [0, 0.1) is 5.82 Å². The second-order valence-corrected chi connectivity index (χ2v) is 5.21. The zero-order chi connectivity index (χ0) is 13.8. The summed E-state index contributed by atoms with van der Waals surface area (Å²) in [4.78, 5) is 2.32. The number of benzene rings is 1. The van der Waals surface area contributed by atoms with Crippen molar-refractivity contribution >= 4 is 0 Å². The lowest BCUT2D eigenvalue weighted by molar-refractivity contribution is 0.0971. The first-order chi connectivity index (χ1) is 9.15. The number of hydrogen-bond donors (Lipinski definition) is 1. The Kier molecular flexibility index (Phi) is 4.91. The molecule has 1 fully saturated rings. The number of nitrogens with zero attached hydrogens (tertiary/aromatic N) is 1. The minimum absolute atomic E-state index is 0.0115. The molecule has 19 heavy (non-hydrogen) atoms. The highest BCUT2D eigenvalue weighted by atomic mass is 19.1. The standard InChI is InChI=1S/C15H23FN2O/c1-3-14(17)15(11-5-4-6-12(16)9-11)18-8-7-13(10-18)19-2/h4-6,9,13-15H,3,7-8,10,17H2,1-2H3. The predicted molar refractivity (Wildman–Crippen MR) is 74.4 cm³/mol. The molecule has 0 saturated carbocycles. The summed E-state index contributed by atoms with van der Waals surface area (Å²) in [6, 6.07) is 6.87. The summed E-state index contributed by atoms with van der Waals surface area (Å²) in [5.41, 5.74) is 7.23. The maximum absolute atomic E-state index is 13.4. The molecular formula is C15H23FN2O. The van der Waals surface area contributed by atoms with Gasteiger partial charge in [-0.15, -0.1) is 0 Å². The molecule has 0 spiro atoms. The van der Waals surface area contributed by atoms with Gasteiger partial charge in [-0.1, -0.05) is 19.1 Å². The third-order valence-corrected chi connectivity index (χ3v) is 3.97. The number of methoxy groups -OCH3 is 1. The van der Waals surface area contributed by atoms with Crippen molar-refractivity contribution in [2.45, 2.75) is 38.0 Å². The summed E-state index contributed by atoms with van der Waals surface area (Å²) in [7, 11) is 1.74. The normalized spacial score (nSPS) is 23.5. The highest BCUT2D eigenvalue weighted by Crippen LogP contribution is 2.29. The van der Waals surface area contributed by atoms with E-state index in [4.69, 9.17) is 10.5 Å². The fraction of sp³-hybridized carbons (Fsp3) is 0.600. The number of nitrogens with two attached hydrogens (primary N) is 1. The van der Waals surface area contributed by atoms with Crippen LogP contribution in [-0.4, -0.2) is 37.2 Å². The van der Waals surface area contributed by atoms with Gasteiger partial charge in [0.2, 0.25) is 0 Å². The molecule has 0 aromatic heterocycles. The molecule has 3 unspecified atom stereocenters. The third kappa shape index (κ3) is 3.32. The van der Waals surface area contributed by atoms with Crippen LogP contribution in [0.15, 0.2) is 24.3 Å². The molecular weight excluding hydrogens is 243 g/mol. The average Bonchev–Trinajstić information content (AvgIpc) is 2.87. The molecule has 1 aromatic carbocycles. The summed E-state index contributed by atoms with van der Waals surface area (Å²) in [5.74, 6) is -0.201. The van der Waals surface area contributed by atoms with Gasteiger partial charge in [0.1, 0.15) is 5.82 Å². The Balaban J connectivity index is 2.21. The molecule has 0 aliphatic carbocycles. The quantitative estimate of drug-likeness (QED) is 0.889. The minimum Gasteiger partial charge on any atom is -0.380 e. The lowest BCUT2D eigenvalue weighted by Gasteiger charge is -2.32. The molecule has 0 bridgehead atoms. The molecule has 1 aliphatic heterocycles. The van der Waals surface area contributed by atoms with Crippen LogP contribution in [0.2, 0.25) is 0 Å². The molecule has 4 heteroatoms. The molecule has 0 radical (unpaired) electrons. The van der Waals surface area contributed by atoms with E-state index in [0.29, 0.717) is 0 Å². The highest BCUT2D eigenvalue weighted by Gasteiger charge is 2.32. The first-order valence-corrected chi connectivity index (χ1v) is 6.93. The molecule has 3 nitrogen and oxygen atoms in total. The fourth-order valence-electron chi connectivity index (χ4n) is 2.84. The summed E-state index contributed by atoms with van der Waals surface area (Å²) in [5, 5.41) is 0. The molecule has 1 aliphatic rings. The topological polar surface area (TPSA) is 38.5 Å². The van der Waals surface area contributed by atoms with Crippen molar-refractivity contribution in [2.75, 3.05) is 20.2 Å². The van der Waals surface area contributed by atoms with Crippen molar-refractivity contribution < 1.29 is 9.13 Å². The van der Waals surface area contributed by atoms with Gasteiger partial charge in [-0.05, 0) is 30.5 Å². The molecule has 2 N–H and O–H groups in total. The van der Waals surface area contributed by atoms with E-state index in [2.05, 4.69) is 11.8 Å². The second-order valence-electron chi connectivity index (χ2n) is 5.21. The number of likely N-dealkylation sites (tertiary alicyclic amines) is 1. The number of ether oxygens (including phenoxy) is 1. The summed E-state index contributed by atoms with van der Waals surface area (Å²) in [6.07, 6.45) is 2.15. The molecule has 1 aromatic rings. The van der Waals surface area contributed by atoms with Crippen LogP contribution in [-0.2, 0) is 4.74 Å². The molecule has 0 amide bonds. The first-order valence-electron chi connectivity index (χ1n) is 6.93. The first kappa shape index (κ1) is 14.4. The second kappa shape index (κ2) is 6.46.